The van der Waals surface area contributed by atoms with E-state index in [2.05, 4.69) is 12.1 Å². The van der Waals surface area contributed by atoms with Crippen molar-refractivity contribution in [2.24, 2.45) is 0 Å². The van der Waals surface area contributed by atoms with E-state index < -0.39 is 5.97 Å². The Bertz CT molecular complexity index is 634. The fraction of sp³-hybridized carbons (Fsp3) is 0.350. The summed E-state index contributed by atoms with van der Waals surface area (Å²) >= 11 is 0. The number of benzene rings is 2. The molecule has 0 amide bonds. The molecule has 24 heavy (non-hydrogen) atoms. The van der Waals surface area contributed by atoms with Crippen molar-refractivity contribution in [1.82, 2.24) is 0 Å². The molecule has 2 aromatic carbocycles. The Morgan fingerprint density at radius 2 is 1.79 bits per heavy atom. The maximum atomic E-state index is 10.3. The van der Waals surface area contributed by atoms with E-state index in [1.807, 2.05) is 43.3 Å². The summed E-state index contributed by atoms with van der Waals surface area (Å²) in [5.74, 6) is 0.776. The van der Waals surface area contributed by atoms with Crippen LogP contribution >= 0.6 is 0 Å². The molecule has 0 atom stereocenters. The van der Waals surface area contributed by atoms with Gasteiger partial charge in [-0.25, -0.2) is 4.79 Å². The molecule has 1 N–H and O–H groups in total. The van der Waals surface area contributed by atoms with Gasteiger partial charge in [-0.2, -0.15) is 0 Å². The minimum absolute atomic E-state index is 0.206. The Morgan fingerprint density at radius 1 is 1.00 bits per heavy atom. The highest BCUT2D eigenvalue weighted by Crippen LogP contribution is 2.22. The van der Waals surface area contributed by atoms with Crippen LogP contribution in [0, 0.1) is 6.92 Å². The van der Waals surface area contributed by atoms with Crippen LogP contribution in [0.1, 0.15) is 30.4 Å². The topological polar surface area (TPSA) is 55.8 Å². The molecule has 0 spiro atoms. The van der Waals surface area contributed by atoms with Crippen LogP contribution in [0.15, 0.2) is 48.5 Å². The molecule has 4 heteroatoms. The molecule has 0 saturated carbocycles. The van der Waals surface area contributed by atoms with E-state index >= 15 is 0 Å². The summed E-state index contributed by atoms with van der Waals surface area (Å²) in [4.78, 5) is 10.3. The van der Waals surface area contributed by atoms with Crippen LogP contribution in [0.5, 0.6) is 11.5 Å². The summed E-state index contributed by atoms with van der Waals surface area (Å²) < 4.78 is 10.9. The second-order valence-corrected chi connectivity index (χ2v) is 5.82. The maximum Gasteiger partial charge on any atom is 0.329 e. The number of carboxylic acid groups (broad SMARTS) is 1. The summed E-state index contributed by atoms with van der Waals surface area (Å²) in [7, 11) is 0. The normalized spacial score (nSPS) is 10.5. The molecule has 0 saturated heterocycles. The summed E-state index contributed by atoms with van der Waals surface area (Å²) in [5, 5.41) is 8.46. The number of carboxylic acids is 1. The number of aryl methyl sites for hydroxylation is 2. The molecule has 2 aromatic rings. The van der Waals surface area contributed by atoms with Crippen molar-refractivity contribution in [1.29, 1.82) is 0 Å². The molecule has 0 aromatic heterocycles. The molecule has 0 radical (unpaired) electrons. The molecule has 2 rings (SSSR count). The predicted octanol–water partition coefficient (Wildman–Crippen LogP) is 4.60. The lowest BCUT2D eigenvalue weighted by Gasteiger charge is -2.07. The van der Waals surface area contributed by atoms with E-state index in [1.165, 1.54) is 11.1 Å². The summed E-state index contributed by atoms with van der Waals surface area (Å²) in [5.41, 5.74) is 2.45. The lowest BCUT2D eigenvalue weighted by atomic mass is 10.1. The third-order valence-corrected chi connectivity index (χ3v) is 3.63. The Balaban J connectivity index is 1.67. The molecule has 0 aliphatic carbocycles. The number of rotatable bonds is 10. The van der Waals surface area contributed by atoms with Gasteiger partial charge in [-0.1, -0.05) is 30.7 Å². The molecule has 0 aliphatic heterocycles. The molecule has 0 unspecified atom stereocenters. The van der Waals surface area contributed by atoms with Crippen molar-refractivity contribution in [2.75, 3.05) is 13.2 Å². The lowest BCUT2D eigenvalue weighted by molar-refractivity contribution is -0.142. The largest absolute Gasteiger partial charge is 0.480 e. The number of hydrogen-bond donors (Lipinski definition) is 1. The van der Waals surface area contributed by atoms with Crippen LogP contribution in [0.25, 0.3) is 0 Å². The maximum absolute atomic E-state index is 10.3. The van der Waals surface area contributed by atoms with E-state index in [9.17, 15) is 4.79 Å². The number of hydrogen-bond acceptors (Lipinski definition) is 3. The predicted molar refractivity (Wildman–Crippen MR) is 93.7 cm³/mol. The van der Waals surface area contributed by atoms with Gasteiger partial charge in [0.15, 0.2) is 0 Å². The Kier molecular flexibility index (Phi) is 7.30. The first kappa shape index (κ1) is 18.0. The number of unbranched alkanes of at least 4 members (excludes halogenated alkanes) is 2. The van der Waals surface area contributed by atoms with Crippen LogP contribution in [0.4, 0.5) is 0 Å². The zero-order chi connectivity index (χ0) is 17.2. The summed E-state index contributed by atoms with van der Waals surface area (Å²) in [6.07, 6.45) is 3.99. The van der Waals surface area contributed by atoms with Gasteiger partial charge in [0, 0.05) is 6.61 Å². The third kappa shape index (κ3) is 6.84. The standard InChI is InChI=1S/C20H24O4/c1-16-6-5-8-19(14-16)24-18-11-9-17(10-12-18)7-3-2-4-13-23-15-20(21)22/h5-6,8-12,14H,2-4,7,13,15H2,1H3,(H,21,22). The molecule has 0 aliphatic rings. The van der Waals surface area contributed by atoms with Crippen molar-refractivity contribution < 1.29 is 19.4 Å². The average molecular weight is 328 g/mol. The van der Waals surface area contributed by atoms with Gasteiger partial charge >= 0.3 is 5.97 Å². The van der Waals surface area contributed by atoms with Crippen LogP contribution in [-0.4, -0.2) is 24.3 Å². The van der Waals surface area contributed by atoms with Gasteiger partial charge in [0.05, 0.1) is 0 Å². The van der Waals surface area contributed by atoms with E-state index in [-0.39, 0.29) is 6.61 Å². The number of carbonyl (C=O) groups is 1. The van der Waals surface area contributed by atoms with Crippen molar-refractivity contribution in [3.05, 3.63) is 59.7 Å². The molecule has 4 nitrogen and oxygen atoms in total. The Hall–Kier alpha value is -2.33. The van der Waals surface area contributed by atoms with Crippen molar-refractivity contribution >= 4 is 5.97 Å². The first-order valence-corrected chi connectivity index (χ1v) is 8.26. The second kappa shape index (κ2) is 9.73. The fourth-order valence-electron chi connectivity index (χ4n) is 2.41. The van der Waals surface area contributed by atoms with Crippen molar-refractivity contribution in [3.63, 3.8) is 0 Å². The van der Waals surface area contributed by atoms with Crippen molar-refractivity contribution in [2.45, 2.75) is 32.6 Å². The van der Waals surface area contributed by atoms with E-state index in [0.29, 0.717) is 6.61 Å². The number of aliphatic carboxylic acids is 1. The quantitative estimate of drug-likeness (QED) is 0.648. The third-order valence-electron chi connectivity index (χ3n) is 3.63. The van der Waals surface area contributed by atoms with Gasteiger partial charge in [0.25, 0.3) is 0 Å². The minimum Gasteiger partial charge on any atom is -0.480 e. The molecule has 0 heterocycles. The zero-order valence-electron chi connectivity index (χ0n) is 14.0. The highest BCUT2D eigenvalue weighted by Gasteiger charge is 2.00. The first-order valence-electron chi connectivity index (χ1n) is 8.26. The molecule has 0 fully saturated rings. The number of ether oxygens (including phenoxy) is 2. The van der Waals surface area contributed by atoms with Gasteiger partial charge < -0.3 is 14.6 Å². The minimum atomic E-state index is -0.914. The molecule has 128 valence electrons. The Morgan fingerprint density at radius 3 is 2.50 bits per heavy atom. The Labute approximate surface area is 143 Å². The van der Waals surface area contributed by atoms with Gasteiger partial charge in [-0.05, 0) is 61.6 Å². The zero-order valence-corrected chi connectivity index (χ0v) is 14.0. The first-order chi connectivity index (χ1) is 11.6. The molecule has 0 bridgehead atoms. The smallest absolute Gasteiger partial charge is 0.329 e. The van der Waals surface area contributed by atoms with Crippen molar-refractivity contribution in [3.8, 4) is 11.5 Å². The van der Waals surface area contributed by atoms with Gasteiger partial charge in [0.2, 0.25) is 0 Å². The van der Waals surface area contributed by atoms with Crippen LogP contribution in [-0.2, 0) is 16.0 Å². The highest BCUT2D eigenvalue weighted by molar-refractivity contribution is 5.67. The van der Waals surface area contributed by atoms with E-state index in [1.54, 1.807) is 0 Å². The molecular weight excluding hydrogens is 304 g/mol. The second-order valence-electron chi connectivity index (χ2n) is 5.82. The van der Waals surface area contributed by atoms with Crippen LogP contribution < -0.4 is 4.74 Å². The fourth-order valence-corrected chi connectivity index (χ4v) is 2.41. The summed E-state index contributed by atoms with van der Waals surface area (Å²) in [6, 6.07) is 16.2. The van der Waals surface area contributed by atoms with Crippen LogP contribution in [0.2, 0.25) is 0 Å². The van der Waals surface area contributed by atoms with Crippen LogP contribution in [0.3, 0.4) is 0 Å². The van der Waals surface area contributed by atoms with E-state index in [4.69, 9.17) is 14.6 Å². The van der Waals surface area contributed by atoms with Gasteiger partial charge in [-0.3, -0.25) is 0 Å². The lowest BCUT2D eigenvalue weighted by Crippen LogP contribution is -2.07. The summed E-state index contributed by atoms with van der Waals surface area (Å²) in [6.45, 7) is 2.35. The van der Waals surface area contributed by atoms with Gasteiger partial charge in [0.1, 0.15) is 18.1 Å². The molecular formula is C20H24O4. The van der Waals surface area contributed by atoms with E-state index in [0.717, 1.165) is 37.2 Å². The average Bonchev–Trinajstić information content (AvgIpc) is 2.55. The highest BCUT2D eigenvalue weighted by atomic mass is 16.5. The SMILES string of the molecule is Cc1cccc(Oc2ccc(CCCCCOCC(=O)O)cc2)c1. The monoisotopic (exact) mass is 328 g/mol. The van der Waals surface area contributed by atoms with Gasteiger partial charge in [-0.15, -0.1) is 0 Å².